The zero-order valence-electron chi connectivity index (χ0n) is 10.2. The molecule has 0 aromatic heterocycles. The van der Waals surface area contributed by atoms with Gasteiger partial charge in [0.15, 0.2) is 0 Å². The fraction of sp³-hybridized carbons (Fsp3) is 0.500. The molecule has 0 unspecified atom stereocenters. The van der Waals surface area contributed by atoms with Crippen LogP contribution in [0.3, 0.4) is 0 Å². The number of sulfone groups is 1. The Morgan fingerprint density at radius 3 is 2.72 bits per heavy atom. The first-order valence-corrected chi connectivity index (χ1v) is 8.99. The van der Waals surface area contributed by atoms with Crippen molar-refractivity contribution in [3.05, 3.63) is 28.8 Å². The Bertz CT molecular complexity index is 488. The Kier molecular flexibility index (Phi) is 6.46. The van der Waals surface area contributed by atoms with Gasteiger partial charge in [0.05, 0.1) is 17.4 Å². The van der Waals surface area contributed by atoms with Crippen molar-refractivity contribution in [3.63, 3.8) is 0 Å². The van der Waals surface area contributed by atoms with Crippen molar-refractivity contribution < 1.29 is 13.2 Å². The molecular formula is C12H16BrClO3S. The van der Waals surface area contributed by atoms with Crippen LogP contribution >= 0.6 is 27.5 Å². The van der Waals surface area contributed by atoms with Crippen LogP contribution in [0.4, 0.5) is 0 Å². The number of hydrogen-bond acceptors (Lipinski definition) is 3. The summed E-state index contributed by atoms with van der Waals surface area (Å²) in [4.78, 5) is 0. The molecule has 0 amide bonds. The summed E-state index contributed by atoms with van der Waals surface area (Å²) in [5.41, 5.74) is 0.959. The molecular weight excluding hydrogens is 340 g/mol. The van der Waals surface area contributed by atoms with Gasteiger partial charge < -0.3 is 4.74 Å². The normalized spacial score (nSPS) is 11.5. The quantitative estimate of drug-likeness (QED) is 0.556. The average Bonchev–Trinajstić information content (AvgIpc) is 2.36. The lowest BCUT2D eigenvalue weighted by molar-refractivity contribution is 0.315. The van der Waals surface area contributed by atoms with Gasteiger partial charge in [-0.2, -0.15) is 0 Å². The molecule has 0 fully saturated rings. The lowest BCUT2D eigenvalue weighted by Gasteiger charge is -2.11. The second-order valence-corrected chi connectivity index (χ2v) is 7.24. The standard InChI is InChI=1S/C12H16BrClO3S/c1-2-18(15,16)8-4-7-17-12-10(9-13)5-3-6-11(12)14/h3,5-6H,2,4,7-9H2,1H3. The van der Waals surface area contributed by atoms with Crippen LogP contribution in [0, 0.1) is 0 Å². The Morgan fingerprint density at radius 1 is 1.39 bits per heavy atom. The van der Waals surface area contributed by atoms with Crippen molar-refractivity contribution in [2.45, 2.75) is 18.7 Å². The summed E-state index contributed by atoms with van der Waals surface area (Å²) >= 11 is 9.40. The van der Waals surface area contributed by atoms with E-state index in [1.165, 1.54) is 0 Å². The molecule has 0 aliphatic rings. The van der Waals surface area contributed by atoms with Crippen LogP contribution in [0.25, 0.3) is 0 Å². The maximum Gasteiger partial charge on any atom is 0.150 e. The van der Waals surface area contributed by atoms with E-state index in [2.05, 4.69) is 15.9 Å². The van der Waals surface area contributed by atoms with E-state index >= 15 is 0 Å². The average molecular weight is 356 g/mol. The van der Waals surface area contributed by atoms with E-state index in [0.29, 0.717) is 29.1 Å². The molecule has 0 heterocycles. The van der Waals surface area contributed by atoms with E-state index in [1.54, 1.807) is 13.0 Å². The molecule has 0 aliphatic carbocycles. The summed E-state index contributed by atoms with van der Waals surface area (Å²) in [7, 11) is -2.92. The Labute approximate surface area is 122 Å². The van der Waals surface area contributed by atoms with Gasteiger partial charge in [0.2, 0.25) is 0 Å². The van der Waals surface area contributed by atoms with Crippen molar-refractivity contribution in [2.75, 3.05) is 18.1 Å². The Hall–Kier alpha value is -0.260. The van der Waals surface area contributed by atoms with Crippen LogP contribution in [0.2, 0.25) is 5.02 Å². The largest absolute Gasteiger partial charge is 0.492 e. The van der Waals surface area contributed by atoms with Gasteiger partial charge in [-0.3, -0.25) is 0 Å². The molecule has 0 radical (unpaired) electrons. The van der Waals surface area contributed by atoms with E-state index in [4.69, 9.17) is 16.3 Å². The van der Waals surface area contributed by atoms with Crippen molar-refractivity contribution in [3.8, 4) is 5.75 Å². The molecule has 0 saturated carbocycles. The molecule has 0 spiro atoms. The number of rotatable bonds is 7. The highest BCUT2D eigenvalue weighted by atomic mass is 79.9. The fourth-order valence-electron chi connectivity index (χ4n) is 1.42. The minimum absolute atomic E-state index is 0.150. The highest BCUT2D eigenvalue weighted by Crippen LogP contribution is 2.30. The molecule has 0 saturated heterocycles. The molecule has 6 heteroatoms. The number of para-hydroxylation sites is 1. The molecule has 0 aliphatic heterocycles. The third-order valence-electron chi connectivity index (χ3n) is 2.48. The van der Waals surface area contributed by atoms with E-state index in [9.17, 15) is 8.42 Å². The number of benzene rings is 1. The summed E-state index contributed by atoms with van der Waals surface area (Å²) in [6.45, 7) is 2.00. The van der Waals surface area contributed by atoms with Gasteiger partial charge in [0, 0.05) is 16.6 Å². The first kappa shape index (κ1) is 15.8. The van der Waals surface area contributed by atoms with Gasteiger partial charge in [-0.1, -0.05) is 46.6 Å². The van der Waals surface area contributed by atoms with Crippen molar-refractivity contribution in [1.82, 2.24) is 0 Å². The lowest BCUT2D eigenvalue weighted by Crippen LogP contribution is -2.12. The molecule has 1 aromatic carbocycles. The SMILES string of the molecule is CCS(=O)(=O)CCCOc1c(Cl)cccc1CBr. The molecule has 0 bridgehead atoms. The van der Waals surface area contributed by atoms with E-state index < -0.39 is 9.84 Å². The van der Waals surface area contributed by atoms with Crippen molar-refractivity contribution in [1.29, 1.82) is 0 Å². The van der Waals surface area contributed by atoms with Gasteiger partial charge >= 0.3 is 0 Å². The van der Waals surface area contributed by atoms with Crippen LogP contribution in [0.5, 0.6) is 5.75 Å². The van der Waals surface area contributed by atoms with E-state index in [0.717, 1.165) is 5.56 Å². The second kappa shape index (κ2) is 7.36. The van der Waals surface area contributed by atoms with Crippen LogP contribution in [-0.2, 0) is 15.2 Å². The fourth-order valence-corrected chi connectivity index (χ4v) is 2.95. The van der Waals surface area contributed by atoms with E-state index in [-0.39, 0.29) is 11.5 Å². The van der Waals surface area contributed by atoms with Crippen LogP contribution in [0.1, 0.15) is 18.9 Å². The van der Waals surface area contributed by atoms with Crippen LogP contribution in [-0.4, -0.2) is 26.5 Å². The second-order valence-electron chi connectivity index (χ2n) is 3.80. The number of ether oxygens (including phenoxy) is 1. The topological polar surface area (TPSA) is 43.4 Å². The van der Waals surface area contributed by atoms with Crippen molar-refractivity contribution in [2.24, 2.45) is 0 Å². The maximum absolute atomic E-state index is 11.3. The summed E-state index contributed by atoms with van der Waals surface area (Å²) in [6, 6.07) is 5.53. The zero-order valence-corrected chi connectivity index (χ0v) is 13.3. The molecule has 3 nitrogen and oxygen atoms in total. The monoisotopic (exact) mass is 354 g/mol. The third-order valence-corrected chi connectivity index (χ3v) is 5.17. The lowest BCUT2D eigenvalue weighted by atomic mass is 10.2. The maximum atomic E-state index is 11.3. The highest BCUT2D eigenvalue weighted by Gasteiger charge is 2.09. The highest BCUT2D eigenvalue weighted by molar-refractivity contribution is 9.08. The first-order valence-electron chi connectivity index (χ1n) is 5.66. The van der Waals surface area contributed by atoms with E-state index in [1.807, 2.05) is 12.1 Å². The zero-order chi connectivity index (χ0) is 13.6. The summed E-state index contributed by atoms with van der Waals surface area (Å²) in [5, 5.41) is 1.20. The van der Waals surface area contributed by atoms with Crippen molar-refractivity contribution >= 4 is 37.4 Å². The first-order chi connectivity index (χ1) is 8.50. The molecule has 1 aromatic rings. The molecule has 1 rings (SSSR count). The number of alkyl halides is 1. The minimum Gasteiger partial charge on any atom is -0.492 e. The molecule has 0 atom stereocenters. The number of halogens is 2. The van der Waals surface area contributed by atoms with Gasteiger partial charge in [-0.25, -0.2) is 8.42 Å². The van der Waals surface area contributed by atoms with Gasteiger partial charge in [-0.15, -0.1) is 0 Å². The third kappa shape index (κ3) is 4.78. The number of hydrogen-bond donors (Lipinski definition) is 0. The smallest absolute Gasteiger partial charge is 0.150 e. The molecule has 102 valence electrons. The Balaban J connectivity index is 2.54. The summed E-state index contributed by atoms with van der Waals surface area (Å²) < 4.78 is 28.2. The van der Waals surface area contributed by atoms with Gasteiger partial charge in [0.25, 0.3) is 0 Å². The van der Waals surface area contributed by atoms with Crippen LogP contribution < -0.4 is 4.74 Å². The Morgan fingerprint density at radius 2 is 2.11 bits per heavy atom. The predicted molar refractivity (Wildman–Crippen MR) is 78.5 cm³/mol. The van der Waals surface area contributed by atoms with Gasteiger partial charge in [0.1, 0.15) is 15.6 Å². The van der Waals surface area contributed by atoms with Gasteiger partial charge in [-0.05, 0) is 12.5 Å². The molecule has 0 N–H and O–H groups in total. The minimum atomic E-state index is -2.92. The molecule has 18 heavy (non-hydrogen) atoms. The summed E-state index contributed by atoms with van der Waals surface area (Å²) in [5.74, 6) is 0.952. The predicted octanol–water partition coefficient (Wildman–Crippen LogP) is 3.44. The van der Waals surface area contributed by atoms with Crippen LogP contribution in [0.15, 0.2) is 18.2 Å². The summed E-state index contributed by atoms with van der Waals surface area (Å²) in [6.07, 6.45) is 0.475.